The fourth-order valence-electron chi connectivity index (χ4n) is 2.14. The molecule has 0 unspecified atom stereocenters. The summed E-state index contributed by atoms with van der Waals surface area (Å²) < 4.78 is 10.7. The Morgan fingerprint density at radius 2 is 1.48 bits per heavy atom. The lowest BCUT2D eigenvalue weighted by atomic mass is 10.2. The van der Waals surface area contributed by atoms with Gasteiger partial charge in [0, 0.05) is 6.54 Å². The third-order valence-electron chi connectivity index (χ3n) is 3.42. The van der Waals surface area contributed by atoms with Crippen LogP contribution >= 0.6 is 0 Å². The van der Waals surface area contributed by atoms with Crippen LogP contribution in [0, 0.1) is 0 Å². The van der Waals surface area contributed by atoms with Crippen LogP contribution in [-0.4, -0.2) is 29.8 Å². The van der Waals surface area contributed by atoms with Crippen molar-refractivity contribution in [2.45, 2.75) is 25.7 Å². The molecule has 1 atom stereocenters. The van der Waals surface area contributed by atoms with Crippen LogP contribution in [0.2, 0.25) is 0 Å². The second kappa shape index (κ2) is 10.1. The van der Waals surface area contributed by atoms with Gasteiger partial charge < -0.3 is 19.9 Å². The number of amides is 1. The lowest BCUT2D eigenvalue weighted by molar-refractivity contribution is -0.140. The fourth-order valence-corrected chi connectivity index (χ4v) is 2.14. The number of hydrogen-bond acceptors (Lipinski definition) is 4. The average molecular weight is 343 g/mol. The molecule has 25 heavy (non-hydrogen) atoms. The molecule has 132 valence electrons. The van der Waals surface area contributed by atoms with Crippen LogP contribution in [0.25, 0.3) is 0 Å². The Kier molecular flexibility index (Phi) is 7.46. The first-order valence-electron chi connectivity index (χ1n) is 7.95. The number of carboxylic acid groups (broad SMARTS) is 1. The summed E-state index contributed by atoms with van der Waals surface area (Å²) in [5, 5.41) is 11.5. The first kappa shape index (κ1) is 18.5. The van der Waals surface area contributed by atoms with Crippen molar-refractivity contribution >= 4 is 12.1 Å². The maximum Gasteiger partial charge on any atom is 0.407 e. The molecule has 0 aliphatic rings. The molecule has 6 heteroatoms. The van der Waals surface area contributed by atoms with Gasteiger partial charge in [0.25, 0.3) is 0 Å². The summed E-state index contributed by atoms with van der Waals surface area (Å²) in [6, 6.07) is 18.7. The Morgan fingerprint density at radius 3 is 2.04 bits per heavy atom. The van der Waals surface area contributed by atoms with Gasteiger partial charge in [-0.15, -0.1) is 0 Å². The van der Waals surface area contributed by atoms with Crippen molar-refractivity contribution in [1.29, 1.82) is 0 Å². The van der Waals surface area contributed by atoms with Gasteiger partial charge >= 0.3 is 12.1 Å². The van der Waals surface area contributed by atoms with Crippen molar-refractivity contribution in [2.24, 2.45) is 0 Å². The maximum atomic E-state index is 11.7. The van der Waals surface area contributed by atoms with E-state index in [1.54, 1.807) is 0 Å². The summed E-state index contributed by atoms with van der Waals surface area (Å²) in [7, 11) is 0. The molecule has 0 aliphatic carbocycles. The molecule has 1 amide bonds. The second-order valence-corrected chi connectivity index (χ2v) is 5.46. The number of carbonyl (C=O) groups is 2. The van der Waals surface area contributed by atoms with E-state index in [9.17, 15) is 9.59 Å². The molecule has 0 spiro atoms. The molecule has 0 saturated heterocycles. The molecule has 0 radical (unpaired) electrons. The number of benzene rings is 2. The predicted molar refractivity (Wildman–Crippen MR) is 91.9 cm³/mol. The van der Waals surface area contributed by atoms with Gasteiger partial charge in [0.2, 0.25) is 0 Å². The number of nitrogens with one attached hydrogen (secondary N) is 1. The molecule has 2 N–H and O–H groups in total. The Bertz CT molecular complexity index is 660. The van der Waals surface area contributed by atoms with Gasteiger partial charge in [0.15, 0.2) is 0 Å². The van der Waals surface area contributed by atoms with Crippen molar-refractivity contribution in [3.63, 3.8) is 0 Å². The van der Waals surface area contributed by atoms with Gasteiger partial charge in [-0.05, 0) is 11.1 Å². The van der Waals surface area contributed by atoms with Gasteiger partial charge in [-0.2, -0.15) is 0 Å². The zero-order chi connectivity index (χ0) is 17.9. The lowest BCUT2D eigenvalue weighted by Crippen LogP contribution is -2.35. The highest BCUT2D eigenvalue weighted by atomic mass is 16.5. The van der Waals surface area contributed by atoms with Gasteiger partial charge in [0.1, 0.15) is 6.61 Å². The van der Waals surface area contributed by atoms with Crippen molar-refractivity contribution < 1.29 is 24.2 Å². The number of aliphatic carboxylic acids is 1. The Morgan fingerprint density at radius 1 is 0.920 bits per heavy atom. The molecule has 2 aromatic rings. The monoisotopic (exact) mass is 343 g/mol. The van der Waals surface area contributed by atoms with Crippen LogP contribution in [-0.2, 0) is 27.5 Å². The van der Waals surface area contributed by atoms with E-state index in [-0.39, 0.29) is 26.2 Å². The minimum Gasteiger partial charge on any atom is -0.481 e. The number of carboxylic acids is 1. The molecular formula is C19H21NO5. The number of hydrogen-bond donors (Lipinski definition) is 2. The minimum absolute atomic E-state index is 0.0623. The highest BCUT2D eigenvalue weighted by Crippen LogP contribution is 2.06. The zero-order valence-corrected chi connectivity index (χ0v) is 13.8. The predicted octanol–water partition coefficient (Wildman–Crippen LogP) is 2.97. The van der Waals surface area contributed by atoms with E-state index in [4.69, 9.17) is 14.6 Å². The fraction of sp³-hybridized carbons (Fsp3) is 0.263. The normalized spacial score (nSPS) is 11.5. The van der Waals surface area contributed by atoms with Crippen LogP contribution in [0.1, 0.15) is 17.5 Å². The first-order valence-corrected chi connectivity index (χ1v) is 7.95. The molecule has 0 bridgehead atoms. The number of alkyl carbamates (subject to hydrolysis) is 1. The standard InChI is InChI=1S/C19H21NO5/c21-18(22)11-17(24-13-15-7-3-1-4-8-15)12-20-19(23)25-14-16-9-5-2-6-10-16/h1-10,17H,11-14H2,(H,20,23)(H,21,22)/t17-/m0/s1. The third-order valence-corrected chi connectivity index (χ3v) is 3.42. The Hall–Kier alpha value is -2.86. The molecular weight excluding hydrogens is 322 g/mol. The zero-order valence-electron chi connectivity index (χ0n) is 13.8. The summed E-state index contributed by atoms with van der Waals surface area (Å²) in [5.41, 5.74) is 1.81. The molecule has 0 aliphatic heterocycles. The van der Waals surface area contributed by atoms with Crippen molar-refractivity contribution in [3.05, 3.63) is 71.8 Å². The van der Waals surface area contributed by atoms with E-state index in [0.717, 1.165) is 11.1 Å². The summed E-state index contributed by atoms with van der Waals surface area (Å²) in [4.78, 5) is 22.7. The maximum absolute atomic E-state index is 11.7. The van der Waals surface area contributed by atoms with Gasteiger partial charge in [-0.25, -0.2) is 4.79 Å². The molecule has 6 nitrogen and oxygen atoms in total. The van der Waals surface area contributed by atoms with E-state index in [1.807, 2.05) is 60.7 Å². The summed E-state index contributed by atoms with van der Waals surface area (Å²) in [5.74, 6) is -0.988. The molecule has 0 heterocycles. The number of ether oxygens (including phenoxy) is 2. The Balaban J connectivity index is 1.76. The van der Waals surface area contributed by atoms with E-state index in [0.29, 0.717) is 0 Å². The van der Waals surface area contributed by atoms with Crippen LogP contribution < -0.4 is 5.32 Å². The number of rotatable bonds is 9. The van der Waals surface area contributed by atoms with E-state index < -0.39 is 18.2 Å². The second-order valence-electron chi connectivity index (χ2n) is 5.46. The molecule has 2 aromatic carbocycles. The molecule has 0 saturated carbocycles. The SMILES string of the molecule is O=C(O)C[C@@H](CNC(=O)OCc1ccccc1)OCc1ccccc1. The van der Waals surface area contributed by atoms with Crippen LogP contribution in [0.15, 0.2) is 60.7 Å². The average Bonchev–Trinajstić information content (AvgIpc) is 2.63. The molecule has 0 fully saturated rings. The highest BCUT2D eigenvalue weighted by Gasteiger charge is 2.16. The van der Waals surface area contributed by atoms with Gasteiger partial charge in [-0.3, -0.25) is 4.79 Å². The summed E-state index contributed by atoms with van der Waals surface area (Å²) in [6.45, 7) is 0.493. The molecule has 2 rings (SSSR count). The topological polar surface area (TPSA) is 84.9 Å². The van der Waals surface area contributed by atoms with Crippen LogP contribution in [0.4, 0.5) is 4.79 Å². The Labute approximate surface area is 146 Å². The van der Waals surface area contributed by atoms with Crippen LogP contribution in [0.5, 0.6) is 0 Å². The largest absolute Gasteiger partial charge is 0.481 e. The van der Waals surface area contributed by atoms with Gasteiger partial charge in [0.05, 0.1) is 19.1 Å². The minimum atomic E-state index is -0.988. The quantitative estimate of drug-likeness (QED) is 0.731. The smallest absolute Gasteiger partial charge is 0.407 e. The number of carbonyl (C=O) groups excluding carboxylic acids is 1. The van der Waals surface area contributed by atoms with Crippen LogP contribution in [0.3, 0.4) is 0 Å². The van der Waals surface area contributed by atoms with Crippen molar-refractivity contribution in [3.8, 4) is 0 Å². The summed E-state index contributed by atoms with van der Waals surface area (Å²) in [6.07, 6.45) is -1.45. The first-order chi connectivity index (χ1) is 12.1. The van der Waals surface area contributed by atoms with Crippen molar-refractivity contribution in [1.82, 2.24) is 5.32 Å². The van der Waals surface area contributed by atoms with Crippen molar-refractivity contribution in [2.75, 3.05) is 6.54 Å². The van der Waals surface area contributed by atoms with E-state index in [2.05, 4.69) is 5.32 Å². The highest BCUT2D eigenvalue weighted by molar-refractivity contribution is 5.68. The van der Waals surface area contributed by atoms with E-state index >= 15 is 0 Å². The van der Waals surface area contributed by atoms with E-state index in [1.165, 1.54) is 0 Å². The third kappa shape index (κ3) is 7.50. The summed E-state index contributed by atoms with van der Waals surface area (Å²) >= 11 is 0. The molecule has 0 aromatic heterocycles. The lowest BCUT2D eigenvalue weighted by Gasteiger charge is -2.17. The van der Waals surface area contributed by atoms with Gasteiger partial charge in [-0.1, -0.05) is 60.7 Å².